The number of rotatable bonds is 8. The number of halogens is 2. The summed E-state index contributed by atoms with van der Waals surface area (Å²) >= 11 is 0. The number of hydrogen-bond acceptors (Lipinski definition) is 9. The van der Waals surface area contributed by atoms with Crippen molar-refractivity contribution in [2.75, 3.05) is 32.2 Å². The highest BCUT2D eigenvalue weighted by Crippen LogP contribution is 2.43. The summed E-state index contributed by atoms with van der Waals surface area (Å²) in [6.45, 7) is 0.599. The number of fused-ring (bicyclic) bond motifs is 2. The number of carbonyl (C=O) groups excluding carboxylic acids is 2. The van der Waals surface area contributed by atoms with Crippen LogP contribution < -0.4 is 25.7 Å². The van der Waals surface area contributed by atoms with Crippen LogP contribution in [0.15, 0.2) is 59.4 Å². The lowest BCUT2D eigenvalue weighted by atomic mass is 9.73. The van der Waals surface area contributed by atoms with Gasteiger partial charge in [0.25, 0.3) is 11.5 Å². The van der Waals surface area contributed by atoms with Crippen molar-refractivity contribution in [3.63, 3.8) is 0 Å². The van der Waals surface area contributed by atoms with E-state index in [0.29, 0.717) is 47.5 Å². The molecular formula is C34H34F2N4O7. The molecule has 246 valence electrons. The predicted octanol–water partition coefficient (Wildman–Crippen LogP) is 3.28. The summed E-state index contributed by atoms with van der Waals surface area (Å²) < 4.78 is 45.5. The second-order valence-electron chi connectivity index (χ2n) is 12.0. The number of benzene rings is 3. The number of methoxy groups -OCH3 is 2. The van der Waals surface area contributed by atoms with Crippen molar-refractivity contribution in [3.8, 4) is 11.5 Å². The molecule has 2 unspecified atom stereocenters. The molecule has 4 aromatic rings. The van der Waals surface area contributed by atoms with Crippen LogP contribution in [0.1, 0.15) is 36.0 Å². The molecule has 1 amide bonds. The van der Waals surface area contributed by atoms with Crippen molar-refractivity contribution in [2.24, 2.45) is 11.1 Å². The Hall–Kier alpha value is -5.04. The normalized spacial score (nSPS) is 20.4. The maximum absolute atomic E-state index is 14.6. The maximum Gasteiger partial charge on any atom is 0.312 e. The Balaban J connectivity index is 1.30. The molecule has 1 fully saturated rings. The quantitative estimate of drug-likeness (QED) is 0.244. The SMILES string of the molecule is COc1cc2nc(N3CCC(Cc4ccccc4)(C(=O)OC4CCc5c(F)cc(F)cc5C4(O)C(N)=O)CC3)[nH]c(=O)c2cc1OC. The van der Waals surface area contributed by atoms with Crippen LogP contribution in [-0.2, 0) is 32.8 Å². The largest absolute Gasteiger partial charge is 0.493 e. The van der Waals surface area contributed by atoms with Crippen molar-refractivity contribution >= 4 is 28.7 Å². The minimum Gasteiger partial charge on any atom is -0.493 e. The Labute approximate surface area is 268 Å². The number of esters is 1. The molecule has 4 N–H and O–H groups in total. The van der Waals surface area contributed by atoms with Crippen LogP contribution in [0.3, 0.4) is 0 Å². The molecule has 1 aromatic heterocycles. The van der Waals surface area contributed by atoms with Gasteiger partial charge >= 0.3 is 5.97 Å². The number of primary amides is 1. The van der Waals surface area contributed by atoms with Gasteiger partial charge in [0, 0.05) is 30.8 Å². The molecule has 2 aliphatic rings. The Bertz CT molecular complexity index is 1910. The van der Waals surface area contributed by atoms with E-state index >= 15 is 0 Å². The first-order valence-corrected chi connectivity index (χ1v) is 15.2. The van der Waals surface area contributed by atoms with E-state index in [9.17, 15) is 28.3 Å². The lowest BCUT2D eigenvalue weighted by molar-refractivity contribution is -0.185. The van der Waals surface area contributed by atoms with Crippen LogP contribution in [0, 0.1) is 17.0 Å². The van der Waals surface area contributed by atoms with Crippen molar-refractivity contribution < 1.29 is 37.7 Å². The zero-order chi connectivity index (χ0) is 33.5. The predicted molar refractivity (Wildman–Crippen MR) is 167 cm³/mol. The van der Waals surface area contributed by atoms with Crippen molar-refractivity contribution in [2.45, 2.75) is 43.8 Å². The lowest BCUT2D eigenvalue weighted by Crippen LogP contribution is -2.56. The van der Waals surface area contributed by atoms with Gasteiger partial charge in [0.1, 0.15) is 17.7 Å². The molecule has 6 rings (SSSR count). The third-order valence-corrected chi connectivity index (χ3v) is 9.35. The van der Waals surface area contributed by atoms with E-state index in [2.05, 4.69) is 9.97 Å². The summed E-state index contributed by atoms with van der Waals surface area (Å²) in [6, 6.07) is 14.0. The topological polar surface area (TPSA) is 157 Å². The average molecular weight is 649 g/mol. The molecule has 11 nitrogen and oxygen atoms in total. The summed E-state index contributed by atoms with van der Waals surface area (Å²) in [5.74, 6) is -2.76. The molecule has 1 aliphatic heterocycles. The van der Waals surface area contributed by atoms with Gasteiger partial charge in [-0.1, -0.05) is 30.3 Å². The van der Waals surface area contributed by atoms with E-state index < -0.39 is 40.6 Å². The van der Waals surface area contributed by atoms with Crippen LogP contribution in [0.5, 0.6) is 11.5 Å². The number of aromatic nitrogens is 2. The van der Waals surface area contributed by atoms with Crippen LogP contribution in [0.25, 0.3) is 10.9 Å². The van der Waals surface area contributed by atoms with Crippen LogP contribution in [0.4, 0.5) is 14.7 Å². The van der Waals surface area contributed by atoms with Gasteiger partial charge < -0.3 is 30.0 Å². The van der Waals surface area contributed by atoms with Gasteiger partial charge in [0.2, 0.25) is 11.5 Å². The number of nitrogens with zero attached hydrogens (tertiary/aromatic N) is 2. The molecule has 3 aromatic carbocycles. The number of hydrogen-bond donors (Lipinski definition) is 3. The zero-order valence-corrected chi connectivity index (χ0v) is 25.8. The first-order chi connectivity index (χ1) is 22.5. The molecule has 0 saturated carbocycles. The summed E-state index contributed by atoms with van der Waals surface area (Å²) in [5, 5.41) is 11.9. The zero-order valence-electron chi connectivity index (χ0n) is 25.8. The molecule has 2 atom stereocenters. The fourth-order valence-electron chi connectivity index (χ4n) is 6.73. The monoisotopic (exact) mass is 648 g/mol. The summed E-state index contributed by atoms with van der Waals surface area (Å²) in [5.41, 5.74) is 2.34. The number of piperidine rings is 1. The van der Waals surface area contributed by atoms with Crippen LogP contribution in [-0.4, -0.2) is 60.4 Å². The summed E-state index contributed by atoms with van der Waals surface area (Å²) in [4.78, 5) is 49.3. The fourth-order valence-corrected chi connectivity index (χ4v) is 6.73. The van der Waals surface area contributed by atoms with E-state index in [-0.39, 0.29) is 48.8 Å². The van der Waals surface area contributed by atoms with Crippen LogP contribution >= 0.6 is 0 Å². The highest BCUT2D eigenvalue weighted by molar-refractivity contribution is 5.87. The number of aromatic amines is 1. The van der Waals surface area contributed by atoms with E-state index in [4.69, 9.17) is 19.9 Å². The number of H-pyrrole nitrogens is 1. The first kappa shape index (κ1) is 31.9. The number of ether oxygens (including phenoxy) is 3. The van der Waals surface area contributed by atoms with Gasteiger partial charge in [-0.3, -0.25) is 19.4 Å². The summed E-state index contributed by atoms with van der Waals surface area (Å²) in [7, 11) is 2.96. The van der Waals surface area contributed by atoms with E-state index in [0.717, 1.165) is 11.6 Å². The molecule has 0 bridgehead atoms. The standard InChI is InChI=1S/C34H34F2N4O7/c1-45-26-16-22-25(17-27(26)46-2)38-32(39-29(22)41)40-12-10-33(11-13-40,18-19-6-4-3-5-7-19)31(43)47-28-9-8-21-23(34(28,44)30(37)42)14-20(35)15-24(21)36/h3-7,14-17,28,44H,8-13,18H2,1-2H3,(H2,37,42)(H,38,39,41). The Morgan fingerprint density at radius 2 is 1.74 bits per heavy atom. The van der Waals surface area contributed by atoms with Crippen molar-refractivity contribution in [1.29, 1.82) is 0 Å². The van der Waals surface area contributed by atoms with Gasteiger partial charge in [-0.25, -0.2) is 13.8 Å². The molecule has 1 aliphatic carbocycles. The second kappa shape index (κ2) is 12.3. The Morgan fingerprint density at radius 1 is 1.06 bits per heavy atom. The number of nitrogens with two attached hydrogens (primary N) is 1. The van der Waals surface area contributed by atoms with Gasteiger partial charge in [0.15, 0.2) is 11.5 Å². The molecule has 2 heterocycles. The molecule has 0 spiro atoms. The van der Waals surface area contributed by atoms with Crippen LogP contribution in [0.2, 0.25) is 0 Å². The molecule has 13 heteroatoms. The highest BCUT2D eigenvalue weighted by atomic mass is 19.1. The number of carbonyl (C=O) groups is 2. The highest BCUT2D eigenvalue weighted by Gasteiger charge is 2.53. The van der Waals surface area contributed by atoms with Gasteiger partial charge in [-0.05, 0) is 55.4 Å². The minimum absolute atomic E-state index is 0.00783. The molecule has 47 heavy (non-hydrogen) atoms. The Morgan fingerprint density at radius 3 is 2.40 bits per heavy atom. The lowest BCUT2D eigenvalue weighted by Gasteiger charge is -2.43. The maximum atomic E-state index is 14.6. The van der Waals surface area contributed by atoms with Crippen molar-refractivity contribution in [1.82, 2.24) is 9.97 Å². The Kier molecular flexibility index (Phi) is 8.35. The van der Waals surface area contributed by atoms with Gasteiger partial charge in [-0.2, -0.15) is 0 Å². The smallest absolute Gasteiger partial charge is 0.312 e. The minimum atomic E-state index is -2.64. The third kappa shape index (κ3) is 5.64. The van der Waals surface area contributed by atoms with E-state index in [1.807, 2.05) is 35.2 Å². The second-order valence-corrected chi connectivity index (χ2v) is 12.0. The number of amides is 1. The van der Waals surface area contributed by atoms with Gasteiger partial charge in [-0.15, -0.1) is 0 Å². The third-order valence-electron chi connectivity index (χ3n) is 9.35. The van der Waals surface area contributed by atoms with E-state index in [1.54, 1.807) is 12.1 Å². The van der Waals surface area contributed by atoms with Gasteiger partial charge in [0.05, 0.1) is 30.5 Å². The van der Waals surface area contributed by atoms with Crippen molar-refractivity contribution in [3.05, 3.63) is 93.3 Å². The number of nitrogens with one attached hydrogen (secondary N) is 1. The van der Waals surface area contributed by atoms with E-state index in [1.165, 1.54) is 14.2 Å². The molecule has 0 radical (unpaired) electrons. The first-order valence-electron chi connectivity index (χ1n) is 15.2. The fraction of sp³-hybridized carbons (Fsp3) is 0.353. The average Bonchev–Trinajstić information content (AvgIpc) is 3.06. The molecule has 1 saturated heterocycles. The molecular weight excluding hydrogens is 614 g/mol. The number of aliphatic hydroxyl groups is 1. The summed E-state index contributed by atoms with van der Waals surface area (Å²) in [6.07, 6.45) is -0.791. The number of anilines is 1.